The fourth-order valence-electron chi connectivity index (χ4n) is 3.23. The molecule has 1 unspecified atom stereocenters. The Bertz CT molecular complexity index is 1010. The van der Waals surface area contributed by atoms with Crippen LogP contribution in [0.3, 0.4) is 0 Å². The minimum Gasteiger partial charge on any atom is -0.366 e. The molecule has 3 rings (SSSR count). The molecule has 2 heterocycles. The van der Waals surface area contributed by atoms with Crippen LogP contribution in [0.15, 0.2) is 24.3 Å². The number of rotatable bonds is 6. The number of aromatic nitrogens is 4. The second kappa shape index (κ2) is 7.89. The maximum absolute atomic E-state index is 13.6. The molecule has 0 saturated carbocycles. The maximum Gasteiger partial charge on any atom is 0.254 e. The van der Waals surface area contributed by atoms with Crippen molar-refractivity contribution >= 4 is 17.6 Å². The lowest BCUT2D eigenvalue weighted by atomic mass is 10.1. The minimum atomic E-state index is -0.298. The van der Waals surface area contributed by atoms with Crippen LogP contribution in [0.1, 0.15) is 28.6 Å². The molecule has 0 spiro atoms. The first-order chi connectivity index (χ1) is 13.3. The van der Waals surface area contributed by atoms with Gasteiger partial charge in [-0.2, -0.15) is 9.50 Å². The highest BCUT2D eigenvalue weighted by Gasteiger charge is 2.18. The Morgan fingerprint density at radius 3 is 2.75 bits per heavy atom. The van der Waals surface area contributed by atoms with Gasteiger partial charge in [-0.1, -0.05) is 12.1 Å². The van der Waals surface area contributed by atoms with E-state index < -0.39 is 0 Å². The summed E-state index contributed by atoms with van der Waals surface area (Å²) in [6.07, 6.45) is 0.156. The Balaban J connectivity index is 1.74. The summed E-state index contributed by atoms with van der Waals surface area (Å²) in [6, 6.07) is 6.26. The molecule has 1 amide bonds. The second-order valence-electron chi connectivity index (χ2n) is 6.96. The van der Waals surface area contributed by atoms with E-state index in [0.29, 0.717) is 18.0 Å². The average molecular weight is 385 g/mol. The van der Waals surface area contributed by atoms with E-state index in [4.69, 9.17) is 5.73 Å². The molecule has 1 aromatic carbocycles. The molecule has 3 N–H and O–H groups in total. The van der Waals surface area contributed by atoms with Gasteiger partial charge < -0.3 is 16.0 Å². The van der Waals surface area contributed by atoms with Crippen molar-refractivity contribution in [1.82, 2.24) is 29.8 Å². The van der Waals surface area contributed by atoms with Crippen LogP contribution in [0.5, 0.6) is 0 Å². The molecule has 0 aliphatic carbocycles. The Hall–Kier alpha value is -3.07. The molecule has 8 nitrogen and oxygen atoms in total. The zero-order valence-electron chi connectivity index (χ0n) is 16.4. The lowest BCUT2D eigenvalue weighted by Crippen LogP contribution is -2.35. The van der Waals surface area contributed by atoms with Gasteiger partial charge in [-0.05, 0) is 45.6 Å². The van der Waals surface area contributed by atoms with E-state index in [9.17, 15) is 9.18 Å². The van der Waals surface area contributed by atoms with Gasteiger partial charge in [0.1, 0.15) is 5.82 Å². The molecule has 28 heavy (non-hydrogen) atoms. The third kappa shape index (κ3) is 4.09. The first-order valence-electron chi connectivity index (χ1n) is 8.93. The number of fused-ring (bicyclic) bond motifs is 1. The number of aryl methyl sites for hydroxylation is 2. The number of carbonyl (C=O) groups is 1. The lowest BCUT2D eigenvalue weighted by Gasteiger charge is -2.25. The van der Waals surface area contributed by atoms with Crippen molar-refractivity contribution in [2.75, 3.05) is 26.4 Å². The fraction of sp³-hybridized carbons (Fsp3) is 0.368. The van der Waals surface area contributed by atoms with Gasteiger partial charge in [0.15, 0.2) is 0 Å². The number of nitrogens with zero attached hydrogens (tertiary/aromatic N) is 5. The first kappa shape index (κ1) is 19.7. The number of nitrogens with two attached hydrogens (primary N) is 1. The largest absolute Gasteiger partial charge is 0.366 e. The fourth-order valence-corrected chi connectivity index (χ4v) is 3.23. The van der Waals surface area contributed by atoms with Gasteiger partial charge in [0.25, 0.3) is 5.78 Å². The second-order valence-corrected chi connectivity index (χ2v) is 6.96. The molecular weight excluding hydrogens is 361 g/mol. The highest BCUT2D eigenvalue weighted by Crippen LogP contribution is 2.19. The summed E-state index contributed by atoms with van der Waals surface area (Å²) >= 11 is 0. The molecule has 9 heteroatoms. The average Bonchev–Trinajstić information content (AvgIpc) is 2.99. The van der Waals surface area contributed by atoms with Crippen LogP contribution in [0.2, 0.25) is 0 Å². The summed E-state index contributed by atoms with van der Waals surface area (Å²) in [6.45, 7) is 4.04. The van der Waals surface area contributed by atoms with Gasteiger partial charge in [-0.3, -0.25) is 4.79 Å². The van der Waals surface area contributed by atoms with Crippen molar-refractivity contribution in [2.24, 2.45) is 0 Å². The summed E-state index contributed by atoms with van der Waals surface area (Å²) < 4.78 is 15.1. The number of benzene rings is 1. The number of amides is 1. The summed E-state index contributed by atoms with van der Waals surface area (Å²) in [5.74, 6) is 0.105. The number of hydrogen-bond donors (Lipinski definition) is 2. The topological polar surface area (TPSA) is 101 Å². The van der Waals surface area contributed by atoms with E-state index in [1.807, 2.05) is 38.9 Å². The first-order valence-corrected chi connectivity index (χ1v) is 8.93. The SMILES string of the molecule is Cc1nc2nc(N)nn2c(C)c1CC(=O)NCC(c1cccc(F)c1)N(C)C. The van der Waals surface area contributed by atoms with Gasteiger partial charge >= 0.3 is 0 Å². The predicted molar refractivity (Wildman–Crippen MR) is 104 cm³/mol. The van der Waals surface area contributed by atoms with Crippen molar-refractivity contribution in [2.45, 2.75) is 26.3 Å². The molecule has 3 aromatic rings. The normalized spacial score (nSPS) is 12.5. The highest BCUT2D eigenvalue weighted by atomic mass is 19.1. The van der Waals surface area contributed by atoms with Crippen LogP contribution in [0.25, 0.3) is 5.78 Å². The highest BCUT2D eigenvalue weighted by molar-refractivity contribution is 5.79. The number of nitrogen functional groups attached to an aromatic ring is 1. The molecule has 148 valence electrons. The summed E-state index contributed by atoms with van der Waals surface area (Å²) in [4.78, 5) is 23.0. The molecule has 0 bridgehead atoms. The molecule has 0 radical (unpaired) electrons. The van der Waals surface area contributed by atoms with Crippen molar-refractivity contribution in [1.29, 1.82) is 0 Å². The van der Waals surface area contributed by atoms with Crippen LogP contribution in [0.4, 0.5) is 10.3 Å². The van der Waals surface area contributed by atoms with E-state index in [-0.39, 0.29) is 30.1 Å². The van der Waals surface area contributed by atoms with E-state index in [0.717, 1.165) is 16.8 Å². The predicted octanol–water partition coefficient (Wildman–Crippen LogP) is 1.42. The molecule has 1 atom stereocenters. The lowest BCUT2D eigenvalue weighted by molar-refractivity contribution is -0.120. The smallest absolute Gasteiger partial charge is 0.254 e. The molecule has 0 aliphatic rings. The Labute approximate surface area is 162 Å². The number of likely N-dealkylation sites (N-methyl/N-ethyl adjacent to an activating group) is 1. The molecule has 2 aromatic heterocycles. The third-order valence-electron chi connectivity index (χ3n) is 4.75. The Morgan fingerprint density at radius 2 is 2.07 bits per heavy atom. The van der Waals surface area contributed by atoms with Crippen LogP contribution >= 0.6 is 0 Å². The van der Waals surface area contributed by atoms with Crippen molar-refractivity contribution in [3.8, 4) is 0 Å². The Morgan fingerprint density at radius 1 is 1.32 bits per heavy atom. The van der Waals surface area contributed by atoms with E-state index in [2.05, 4.69) is 20.4 Å². The van der Waals surface area contributed by atoms with E-state index in [1.54, 1.807) is 10.6 Å². The summed E-state index contributed by atoms with van der Waals surface area (Å²) in [5, 5.41) is 7.05. The number of nitrogens with one attached hydrogen (secondary N) is 1. The van der Waals surface area contributed by atoms with Crippen LogP contribution in [-0.2, 0) is 11.2 Å². The van der Waals surface area contributed by atoms with Crippen LogP contribution < -0.4 is 11.1 Å². The van der Waals surface area contributed by atoms with Crippen LogP contribution in [-0.4, -0.2) is 51.0 Å². The van der Waals surface area contributed by atoms with Gasteiger partial charge in [-0.15, -0.1) is 5.10 Å². The summed E-state index contributed by atoms with van der Waals surface area (Å²) in [7, 11) is 3.78. The molecule has 0 fully saturated rings. The van der Waals surface area contributed by atoms with Gasteiger partial charge in [-0.25, -0.2) is 9.37 Å². The standard InChI is InChI=1S/C19H24FN7O/c1-11-15(12(2)27-19(23-11)24-18(21)25-27)9-17(28)22-10-16(26(3)4)13-6-5-7-14(20)8-13/h5-8,16H,9-10H2,1-4H3,(H2,21,25)(H,22,28). The van der Waals surface area contributed by atoms with Crippen LogP contribution in [0, 0.1) is 19.7 Å². The molecule has 0 aliphatic heterocycles. The zero-order valence-corrected chi connectivity index (χ0v) is 16.4. The van der Waals surface area contributed by atoms with Gasteiger partial charge in [0.2, 0.25) is 11.9 Å². The maximum atomic E-state index is 13.6. The van der Waals surface area contributed by atoms with Crippen molar-refractivity contribution < 1.29 is 9.18 Å². The zero-order chi connectivity index (χ0) is 20.4. The molecule has 0 saturated heterocycles. The number of hydrogen-bond acceptors (Lipinski definition) is 6. The Kier molecular flexibility index (Phi) is 5.55. The number of anilines is 1. The monoisotopic (exact) mass is 385 g/mol. The number of carbonyl (C=O) groups excluding carboxylic acids is 1. The quantitative estimate of drug-likeness (QED) is 0.666. The number of halogens is 1. The minimum absolute atomic E-state index is 0.139. The third-order valence-corrected chi connectivity index (χ3v) is 4.75. The van der Waals surface area contributed by atoms with Crippen molar-refractivity contribution in [3.05, 3.63) is 52.6 Å². The van der Waals surface area contributed by atoms with Gasteiger partial charge in [0.05, 0.1) is 12.5 Å². The van der Waals surface area contributed by atoms with E-state index >= 15 is 0 Å². The summed E-state index contributed by atoms with van der Waals surface area (Å²) in [5.41, 5.74) is 8.71. The van der Waals surface area contributed by atoms with Crippen molar-refractivity contribution in [3.63, 3.8) is 0 Å². The van der Waals surface area contributed by atoms with E-state index in [1.165, 1.54) is 12.1 Å². The molecular formula is C19H24FN7O. The van der Waals surface area contributed by atoms with Gasteiger partial charge in [0, 0.05) is 23.5 Å².